The highest BCUT2D eigenvalue weighted by molar-refractivity contribution is 6.31. The molecule has 0 unspecified atom stereocenters. The number of nitrogens with zero attached hydrogens (tertiary/aromatic N) is 2. The average Bonchev–Trinajstić information content (AvgIpc) is 2.49. The molecule has 0 spiro atoms. The summed E-state index contributed by atoms with van der Waals surface area (Å²) in [5.41, 5.74) is 1.75. The summed E-state index contributed by atoms with van der Waals surface area (Å²) in [6.45, 7) is 0. The molecule has 1 N–H and O–H groups in total. The molecule has 3 rings (SSSR count). The summed E-state index contributed by atoms with van der Waals surface area (Å²) < 4.78 is 13.6. The molecular formula is C15H9ClFN3O. The second kappa shape index (κ2) is 5.46. The summed E-state index contributed by atoms with van der Waals surface area (Å²) in [5.74, 6) is -1.20. The lowest BCUT2D eigenvalue weighted by Gasteiger charge is -2.07. The second-order valence-corrected chi connectivity index (χ2v) is 4.77. The van der Waals surface area contributed by atoms with E-state index in [0.717, 1.165) is 6.07 Å². The van der Waals surface area contributed by atoms with Gasteiger partial charge in [-0.05, 0) is 36.4 Å². The van der Waals surface area contributed by atoms with Crippen LogP contribution in [0.4, 0.5) is 10.1 Å². The lowest BCUT2D eigenvalue weighted by molar-refractivity contribution is 0.102. The summed E-state index contributed by atoms with van der Waals surface area (Å²) in [6, 6.07) is 8.90. The van der Waals surface area contributed by atoms with E-state index in [1.807, 2.05) is 0 Å². The molecule has 0 aliphatic heterocycles. The Kier molecular flexibility index (Phi) is 3.50. The van der Waals surface area contributed by atoms with Crippen molar-refractivity contribution in [1.29, 1.82) is 0 Å². The molecule has 0 saturated heterocycles. The van der Waals surface area contributed by atoms with Crippen LogP contribution in [0.15, 0.2) is 48.8 Å². The number of carbonyl (C=O) groups excluding carboxylic acids is 1. The number of halogens is 2. The molecular weight excluding hydrogens is 293 g/mol. The van der Waals surface area contributed by atoms with Crippen molar-refractivity contribution in [2.45, 2.75) is 0 Å². The van der Waals surface area contributed by atoms with E-state index in [0.29, 0.717) is 21.7 Å². The van der Waals surface area contributed by atoms with Gasteiger partial charge in [-0.1, -0.05) is 11.6 Å². The molecule has 1 aromatic heterocycles. The Morgan fingerprint density at radius 1 is 1.05 bits per heavy atom. The summed E-state index contributed by atoms with van der Waals surface area (Å²) in [5, 5.41) is 2.91. The Bertz CT molecular complexity index is 838. The van der Waals surface area contributed by atoms with Crippen LogP contribution in [-0.2, 0) is 0 Å². The highest BCUT2D eigenvalue weighted by Crippen LogP contribution is 2.19. The maximum Gasteiger partial charge on any atom is 0.258 e. The van der Waals surface area contributed by atoms with Gasteiger partial charge in [0.2, 0.25) is 0 Å². The molecule has 1 amide bonds. The Morgan fingerprint density at radius 3 is 2.62 bits per heavy atom. The van der Waals surface area contributed by atoms with Gasteiger partial charge in [-0.3, -0.25) is 14.8 Å². The molecule has 0 aliphatic carbocycles. The maximum absolute atomic E-state index is 13.6. The third kappa shape index (κ3) is 2.83. The predicted molar refractivity (Wildman–Crippen MR) is 78.9 cm³/mol. The van der Waals surface area contributed by atoms with Crippen LogP contribution in [0.5, 0.6) is 0 Å². The number of hydrogen-bond donors (Lipinski definition) is 1. The Balaban J connectivity index is 1.90. The van der Waals surface area contributed by atoms with Crippen LogP contribution in [0, 0.1) is 5.82 Å². The largest absolute Gasteiger partial charge is 0.322 e. The van der Waals surface area contributed by atoms with Crippen molar-refractivity contribution in [3.8, 4) is 0 Å². The number of benzene rings is 2. The fourth-order valence-corrected chi connectivity index (χ4v) is 2.08. The molecule has 3 aromatic rings. The normalized spacial score (nSPS) is 10.6. The van der Waals surface area contributed by atoms with E-state index in [1.165, 1.54) is 12.1 Å². The highest BCUT2D eigenvalue weighted by atomic mass is 35.5. The van der Waals surface area contributed by atoms with Crippen LogP contribution in [0.1, 0.15) is 10.4 Å². The smallest absolute Gasteiger partial charge is 0.258 e. The predicted octanol–water partition coefficient (Wildman–Crippen LogP) is 3.67. The fourth-order valence-electron chi connectivity index (χ4n) is 1.91. The number of amides is 1. The summed E-state index contributed by atoms with van der Waals surface area (Å²) >= 11 is 5.78. The van der Waals surface area contributed by atoms with Crippen LogP contribution >= 0.6 is 11.6 Å². The first-order valence-electron chi connectivity index (χ1n) is 6.11. The minimum Gasteiger partial charge on any atom is -0.322 e. The third-order valence-electron chi connectivity index (χ3n) is 2.90. The molecule has 2 aromatic carbocycles. The van der Waals surface area contributed by atoms with E-state index in [4.69, 9.17) is 11.6 Å². The first-order chi connectivity index (χ1) is 10.1. The molecule has 4 nitrogen and oxygen atoms in total. The van der Waals surface area contributed by atoms with Crippen LogP contribution in [0.25, 0.3) is 11.0 Å². The van der Waals surface area contributed by atoms with Crippen molar-refractivity contribution in [3.05, 3.63) is 65.2 Å². The van der Waals surface area contributed by atoms with Gasteiger partial charge in [0.1, 0.15) is 5.82 Å². The van der Waals surface area contributed by atoms with E-state index in [2.05, 4.69) is 15.3 Å². The Morgan fingerprint density at radius 2 is 1.81 bits per heavy atom. The van der Waals surface area contributed by atoms with E-state index in [1.54, 1.807) is 30.6 Å². The molecule has 0 fully saturated rings. The van der Waals surface area contributed by atoms with Crippen LogP contribution in [0.3, 0.4) is 0 Å². The molecule has 6 heteroatoms. The zero-order chi connectivity index (χ0) is 14.8. The fraction of sp³-hybridized carbons (Fsp3) is 0. The molecule has 0 atom stereocenters. The zero-order valence-electron chi connectivity index (χ0n) is 10.7. The first-order valence-corrected chi connectivity index (χ1v) is 6.48. The number of aromatic nitrogens is 2. The van der Waals surface area contributed by atoms with Crippen molar-refractivity contribution in [2.75, 3.05) is 5.32 Å². The minimum atomic E-state index is -0.627. The third-order valence-corrected chi connectivity index (χ3v) is 3.14. The van der Waals surface area contributed by atoms with Crippen molar-refractivity contribution in [3.63, 3.8) is 0 Å². The van der Waals surface area contributed by atoms with Gasteiger partial charge in [-0.2, -0.15) is 0 Å². The van der Waals surface area contributed by atoms with Gasteiger partial charge in [-0.25, -0.2) is 4.39 Å². The monoisotopic (exact) mass is 301 g/mol. The highest BCUT2D eigenvalue weighted by Gasteiger charge is 2.12. The number of rotatable bonds is 2. The van der Waals surface area contributed by atoms with Gasteiger partial charge >= 0.3 is 0 Å². The van der Waals surface area contributed by atoms with Crippen LogP contribution in [-0.4, -0.2) is 15.9 Å². The first kappa shape index (κ1) is 13.5. The van der Waals surface area contributed by atoms with Crippen molar-refractivity contribution < 1.29 is 9.18 Å². The topological polar surface area (TPSA) is 54.9 Å². The molecule has 1 heterocycles. The maximum atomic E-state index is 13.6. The van der Waals surface area contributed by atoms with Crippen LogP contribution in [0.2, 0.25) is 5.02 Å². The van der Waals surface area contributed by atoms with Crippen LogP contribution < -0.4 is 5.32 Å². The van der Waals surface area contributed by atoms with Crippen molar-refractivity contribution in [1.82, 2.24) is 9.97 Å². The molecule has 21 heavy (non-hydrogen) atoms. The molecule has 0 bridgehead atoms. The SMILES string of the molecule is O=C(Nc1ccc2nccnc2c1)c1cc(Cl)ccc1F. The van der Waals surface area contributed by atoms with E-state index < -0.39 is 11.7 Å². The Labute approximate surface area is 124 Å². The lowest BCUT2D eigenvalue weighted by Crippen LogP contribution is -2.13. The number of nitrogens with one attached hydrogen (secondary N) is 1. The van der Waals surface area contributed by atoms with Gasteiger partial charge < -0.3 is 5.32 Å². The van der Waals surface area contributed by atoms with E-state index in [-0.39, 0.29) is 5.56 Å². The van der Waals surface area contributed by atoms with E-state index in [9.17, 15) is 9.18 Å². The molecule has 0 radical (unpaired) electrons. The minimum absolute atomic E-state index is 0.109. The number of hydrogen-bond acceptors (Lipinski definition) is 3. The summed E-state index contributed by atoms with van der Waals surface area (Å²) in [6.07, 6.45) is 3.15. The molecule has 104 valence electrons. The number of carbonyl (C=O) groups is 1. The number of fused-ring (bicyclic) bond motifs is 1. The standard InChI is InChI=1S/C15H9ClFN3O/c16-9-1-3-12(17)11(7-9)15(21)20-10-2-4-13-14(8-10)19-6-5-18-13/h1-8H,(H,20,21). The lowest BCUT2D eigenvalue weighted by atomic mass is 10.2. The molecule has 0 saturated carbocycles. The molecule has 0 aliphatic rings. The van der Waals surface area contributed by atoms with Crippen molar-refractivity contribution in [2.24, 2.45) is 0 Å². The Hall–Kier alpha value is -2.53. The number of anilines is 1. The van der Waals surface area contributed by atoms with Crippen molar-refractivity contribution >= 4 is 34.2 Å². The quantitative estimate of drug-likeness (QED) is 0.785. The van der Waals surface area contributed by atoms with Gasteiger partial charge in [-0.15, -0.1) is 0 Å². The zero-order valence-corrected chi connectivity index (χ0v) is 11.4. The summed E-state index contributed by atoms with van der Waals surface area (Å²) in [7, 11) is 0. The van der Waals surface area contributed by atoms with E-state index >= 15 is 0 Å². The van der Waals surface area contributed by atoms with Gasteiger partial charge in [0.05, 0.1) is 16.6 Å². The summed E-state index contributed by atoms with van der Waals surface area (Å²) in [4.78, 5) is 20.4. The van der Waals surface area contributed by atoms with Gasteiger partial charge in [0.25, 0.3) is 5.91 Å². The average molecular weight is 302 g/mol. The van der Waals surface area contributed by atoms with Gasteiger partial charge in [0.15, 0.2) is 0 Å². The van der Waals surface area contributed by atoms with Gasteiger partial charge in [0, 0.05) is 23.1 Å². The second-order valence-electron chi connectivity index (χ2n) is 4.34.